The minimum atomic E-state index is -0.261. The predicted octanol–water partition coefficient (Wildman–Crippen LogP) is 11.4. The summed E-state index contributed by atoms with van der Waals surface area (Å²) in [6.07, 6.45) is 14.5. The van der Waals surface area contributed by atoms with E-state index in [1.165, 1.54) is 57.8 Å². The van der Waals surface area contributed by atoms with Gasteiger partial charge in [0.25, 0.3) is 0 Å². The summed E-state index contributed by atoms with van der Waals surface area (Å²) in [7, 11) is 0. The smallest absolute Gasteiger partial charge is 0.338 e. The third kappa shape index (κ3) is 12.3. The van der Waals surface area contributed by atoms with Crippen LogP contribution in [0.25, 0.3) is 11.1 Å². The van der Waals surface area contributed by atoms with Crippen LogP contribution in [0.1, 0.15) is 108 Å². The van der Waals surface area contributed by atoms with Gasteiger partial charge in [0.05, 0.1) is 29.6 Å². The molecule has 0 aliphatic rings. The molecule has 1 atom stereocenters. The molecule has 0 spiro atoms. The molecule has 41 heavy (non-hydrogen) atoms. The van der Waals surface area contributed by atoms with Crippen LogP contribution in [0.4, 0.5) is 11.4 Å². The van der Waals surface area contributed by atoms with Crippen LogP contribution in [-0.2, 0) is 4.74 Å². The Balaban J connectivity index is 1.42. The Morgan fingerprint density at radius 3 is 1.71 bits per heavy atom. The van der Waals surface area contributed by atoms with Gasteiger partial charge in [-0.2, -0.15) is 10.2 Å². The van der Waals surface area contributed by atoms with Crippen molar-refractivity contribution in [1.82, 2.24) is 0 Å². The molecule has 3 aromatic carbocycles. The van der Waals surface area contributed by atoms with Crippen LogP contribution in [0, 0.1) is 0 Å². The fourth-order valence-electron chi connectivity index (χ4n) is 4.66. The second kappa shape index (κ2) is 18.8. The second-order valence-electron chi connectivity index (χ2n) is 10.9. The summed E-state index contributed by atoms with van der Waals surface area (Å²) >= 11 is 0. The van der Waals surface area contributed by atoms with Crippen molar-refractivity contribution in [2.45, 2.75) is 104 Å². The lowest BCUT2D eigenvalue weighted by molar-refractivity contribution is 0.0319. The first kappa shape index (κ1) is 32.0. The summed E-state index contributed by atoms with van der Waals surface area (Å²) < 4.78 is 11.5. The Bertz CT molecular complexity index is 1150. The van der Waals surface area contributed by atoms with Crippen molar-refractivity contribution < 1.29 is 14.3 Å². The SMILES string of the molecule is CCCCCCCCCOc1ccc(N=Nc2ccc(-c3ccc(C(=O)O[C@@H](C)CCCCCC)cc3)cc2)cc1. The van der Waals surface area contributed by atoms with Gasteiger partial charge in [-0.05, 0) is 85.8 Å². The van der Waals surface area contributed by atoms with E-state index in [-0.39, 0.29) is 12.1 Å². The van der Waals surface area contributed by atoms with Crippen molar-refractivity contribution in [2.75, 3.05) is 6.61 Å². The van der Waals surface area contributed by atoms with Crippen LogP contribution in [0.3, 0.4) is 0 Å². The monoisotopic (exact) mass is 556 g/mol. The quantitative estimate of drug-likeness (QED) is 0.0838. The normalized spacial score (nSPS) is 12.0. The van der Waals surface area contributed by atoms with Gasteiger partial charge in [-0.1, -0.05) is 95.9 Å². The molecule has 0 saturated heterocycles. The molecule has 220 valence electrons. The lowest BCUT2D eigenvalue weighted by Gasteiger charge is -2.13. The molecule has 0 aliphatic carbocycles. The maximum absolute atomic E-state index is 12.5. The Morgan fingerprint density at radius 2 is 1.12 bits per heavy atom. The van der Waals surface area contributed by atoms with Crippen LogP contribution < -0.4 is 4.74 Å². The Morgan fingerprint density at radius 1 is 0.634 bits per heavy atom. The fraction of sp³-hybridized carbons (Fsp3) is 0.472. The number of esters is 1. The van der Waals surface area contributed by atoms with Crippen molar-refractivity contribution in [1.29, 1.82) is 0 Å². The molecule has 5 nitrogen and oxygen atoms in total. The molecule has 0 unspecified atom stereocenters. The molecule has 0 heterocycles. The average Bonchev–Trinajstić information content (AvgIpc) is 3.00. The Kier molecular flexibility index (Phi) is 14.7. The zero-order valence-corrected chi connectivity index (χ0v) is 25.3. The molecular weight excluding hydrogens is 508 g/mol. The summed E-state index contributed by atoms with van der Waals surface area (Å²) in [5, 5.41) is 8.74. The molecule has 3 rings (SSSR count). The number of hydrogen-bond donors (Lipinski definition) is 0. The number of ether oxygens (including phenoxy) is 2. The molecule has 0 fully saturated rings. The van der Waals surface area contributed by atoms with Crippen molar-refractivity contribution in [2.24, 2.45) is 10.2 Å². The van der Waals surface area contributed by atoms with E-state index in [2.05, 4.69) is 24.1 Å². The highest BCUT2D eigenvalue weighted by molar-refractivity contribution is 5.90. The van der Waals surface area contributed by atoms with E-state index in [1.807, 2.05) is 79.7 Å². The summed E-state index contributed by atoms with van der Waals surface area (Å²) in [5.74, 6) is 0.610. The molecule has 0 amide bonds. The highest BCUT2D eigenvalue weighted by Crippen LogP contribution is 2.26. The first-order valence-corrected chi connectivity index (χ1v) is 15.6. The number of nitrogens with zero attached hydrogens (tertiary/aromatic N) is 2. The topological polar surface area (TPSA) is 60.2 Å². The maximum Gasteiger partial charge on any atom is 0.338 e. The van der Waals surface area contributed by atoms with Gasteiger partial charge in [-0.25, -0.2) is 4.79 Å². The molecular formula is C36H48N2O3. The van der Waals surface area contributed by atoms with E-state index in [0.717, 1.165) is 54.1 Å². The zero-order chi connectivity index (χ0) is 29.1. The van der Waals surface area contributed by atoms with Gasteiger partial charge in [0, 0.05) is 0 Å². The Labute approximate surface area is 247 Å². The van der Waals surface area contributed by atoms with Gasteiger partial charge in [-0.3, -0.25) is 0 Å². The lowest BCUT2D eigenvalue weighted by atomic mass is 10.0. The van der Waals surface area contributed by atoms with Crippen LogP contribution in [0.2, 0.25) is 0 Å². The van der Waals surface area contributed by atoms with Crippen molar-refractivity contribution in [3.8, 4) is 16.9 Å². The van der Waals surface area contributed by atoms with E-state index in [9.17, 15) is 4.79 Å². The lowest BCUT2D eigenvalue weighted by Crippen LogP contribution is -2.15. The average molecular weight is 557 g/mol. The van der Waals surface area contributed by atoms with Gasteiger partial charge in [0.2, 0.25) is 0 Å². The van der Waals surface area contributed by atoms with Gasteiger partial charge in [0.1, 0.15) is 5.75 Å². The molecule has 0 saturated carbocycles. The van der Waals surface area contributed by atoms with E-state index < -0.39 is 0 Å². The first-order chi connectivity index (χ1) is 20.1. The van der Waals surface area contributed by atoms with Crippen molar-refractivity contribution in [3.05, 3.63) is 78.4 Å². The fourth-order valence-corrected chi connectivity index (χ4v) is 4.66. The van der Waals surface area contributed by atoms with E-state index in [0.29, 0.717) is 5.56 Å². The largest absolute Gasteiger partial charge is 0.494 e. The maximum atomic E-state index is 12.5. The third-order valence-electron chi connectivity index (χ3n) is 7.23. The second-order valence-corrected chi connectivity index (χ2v) is 10.9. The molecule has 5 heteroatoms. The third-order valence-corrected chi connectivity index (χ3v) is 7.23. The number of unbranched alkanes of at least 4 members (excludes halogenated alkanes) is 9. The van der Waals surface area contributed by atoms with Crippen molar-refractivity contribution >= 4 is 17.3 Å². The standard InChI is InChI=1S/C36H48N2O3/c1-4-6-8-10-11-12-14-28-40-35-26-24-34(25-27-35)38-37-33-22-20-31(21-23-33)30-16-18-32(19-17-30)36(39)41-29(3)15-13-9-7-5-2/h16-27,29H,4-15,28H2,1-3H3/t29-/m0/s1. The van der Waals surface area contributed by atoms with E-state index >= 15 is 0 Å². The van der Waals surface area contributed by atoms with Crippen molar-refractivity contribution in [3.63, 3.8) is 0 Å². The summed E-state index contributed by atoms with van der Waals surface area (Å²) in [6, 6.07) is 23.2. The van der Waals surface area contributed by atoms with Gasteiger partial charge in [0.15, 0.2) is 0 Å². The first-order valence-electron chi connectivity index (χ1n) is 15.6. The van der Waals surface area contributed by atoms with Crippen LogP contribution in [0.5, 0.6) is 5.75 Å². The minimum absolute atomic E-state index is 0.0632. The number of hydrogen-bond acceptors (Lipinski definition) is 5. The van der Waals surface area contributed by atoms with Crippen LogP contribution in [-0.4, -0.2) is 18.7 Å². The molecule has 0 radical (unpaired) electrons. The van der Waals surface area contributed by atoms with E-state index in [4.69, 9.17) is 9.47 Å². The Hall–Kier alpha value is -3.47. The number of carbonyl (C=O) groups excluding carboxylic acids is 1. The molecule has 0 N–H and O–H groups in total. The predicted molar refractivity (Wildman–Crippen MR) is 170 cm³/mol. The summed E-state index contributed by atoms with van der Waals surface area (Å²) in [6.45, 7) is 7.17. The molecule has 0 aliphatic heterocycles. The van der Waals surface area contributed by atoms with Gasteiger partial charge in [-0.15, -0.1) is 0 Å². The number of rotatable bonds is 19. The number of carbonyl (C=O) groups is 1. The molecule has 0 bridgehead atoms. The minimum Gasteiger partial charge on any atom is -0.494 e. The van der Waals surface area contributed by atoms with E-state index in [1.54, 1.807) is 0 Å². The molecule has 3 aromatic rings. The number of azo groups is 1. The number of benzene rings is 3. The highest BCUT2D eigenvalue weighted by Gasteiger charge is 2.12. The molecule has 0 aromatic heterocycles. The van der Waals surface area contributed by atoms with Crippen LogP contribution >= 0.6 is 0 Å². The van der Waals surface area contributed by atoms with Gasteiger partial charge >= 0.3 is 5.97 Å². The van der Waals surface area contributed by atoms with Crippen LogP contribution in [0.15, 0.2) is 83.0 Å². The summed E-state index contributed by atoms with van der Waals surface area (Å²) in [5.41, 5.74) is 4.23. The zero-order valence-electron chi connectivity index (χ0n) is 25.3. The van der Waals surface area contributed by atoms with Gasteiger partial charge < -0.3 is 9.47 Å². The summed E-state index contributed by atoms with van der Waals surface area (Å²) in [4.78, 5) is 12.5. The highest BCUT2D eigenvalue weighted by atomic mass is 16.5.